The molecular weight excluding hydrogens is 445 g/mol. The van der Waals surface area contributed by atoms with Crippen molar-refractivity contribution in [3.63, 3.8) is 0 Å². The quantitative estimate of drug-likeness (QED) is 0.410. The number of amides is 1. The van der Waals surface area contributed by atoms with Gasteiger partial charge in [0.1, 0.15) is 16.8 Å². The second-order valence-corrected chi connectivity index (χ2v) is 7.84. The van der Waals surface area contributed by atoms with Gasteiger partial charge in [-0.2, -0.15) is 13.2 Å². The van der Waals surface area contributed by atoms with Crippen molar-refractivity contribution in [2.45, 2.75) is 26.4 Å². The highest BCUT2D eigenvalue weighted by Gasteiger charge is 2.31. The summed E-state index contributed by atoms with van der Waals surface area (Å²) < 4.78 is 44.9. The van der Waals surface area contributed by atoms with E-state index >= 15 is 0 Å². The van der Waals surface area contributed by atoms with Crippen LogP contribution in [0.2, 0.25) is 0 Å². The number of hydrogen-bond acceptors (Lipinski definition) is 5. The molecule has 0 aliphatic carbocycles. The van der Waals surface area contributed by atoms with Gasteiger partial charge in [0.15, 0.2) is 0 Å². The largest absolute Gasteiger partial charge is 0.437 e. The van der Waals surface area contributed by atoms with Gasteiger partial charge in [0.2, 0.25) is 0 Å². The van der Waals surface area contributed by atoms with Gasteiger partial charge >= 0.3 is 6.18 Å². The van der Waals surface area contributed by atoms with Crippen molar-refractivity contribution in [3.8, 4) is 11.6 Å². The van der Waals surface area contributed by atoms with Gasteiger partial charge in [-0.25, -0.2) is 0 Å². The van der Waals surface area contributed by atoms with Crippen molar-refractivity contribution >= 4 is 16.8 Å². The zero-order valence-electron chi connectivity index (χ0n) is 18.5. The first-order chi connectivity index (χ1) is 16.2. The van der Waals surface area contributed by atoms with Crippen molar-refractivity contribution in [3.05, 3.63) is 88.7 Å². The molecular formula is C25H21F3N4O2. The Morgan fingerprint density at radius 2 is 1.88 bits per heavy atom. The first kappa shape index (κ1) is 23.2. The molecule has 0 saturated heterocycles. The Balaban J connectivity index is 1.61. The number of halogens is 3. The molecule has 1 amide bonds. The van der Waals surface area contributed by atoms with E-state index in [0.717, 1.165) is 28.8 Å². The number of pyridine rings is 1. The molecule has 4 aromatic rings. The topological polar surface area (TPSA) is 77.0 Å². The Morgan fingerprint density at radius 3 is 2.65 bits per heavy atom. The molecule has 2 aromatic heterocycles. The first-order valence-electron chi connectivity index (χ1n) is 10.5. The van der Waals surface area contributed by atoms with E-state index in [2.05, 4.69) is 26.6 Å². The molecule has 34 heavy (non-hydrogen) atoms. The molecule has 0 unspecified atom stereocenters. The summed E-state index contributed by atoms with van der Waals surface area (Å²) in [6.07, 6.45) is -0.985. The van der Waals surface area contributed by atoms with Crippen molar-refractivity contribution in [1.82, 2.24) is 20.5 Å². The van der Waals surface area contributed by atoms with E-state index in [9.17, 15) is 18.0 Å². The molecule has 6 nitrogen and oxygen atoms in total. The van der Waals surface area contributed by atoms with Crippen LogP contribution >= 0.6 is 0 Å². The zero-order valence-corrected chi connectivity index (χ0v) is 18.5. The van der Waals surface area contributed by atoms with Crippen LogP contribution in [0.25, 0.3) is 10.9 Å². The third-order valence-electron chi connectivity index (χ3n) is 5.31. The Morgan fingerprint density at radius 1 is 1.06 bits per heavy atom. The number of aryl methyl sites for hydroxylation is 2. The summed E-state index contributed by atoms with van der Waals surface area (Å²) in [5, 5.41) is 11.2. The lowest BCUT2D eigenvalue weighted by Crippen LogP contribution is -2.27. The minimum atomic E-state index is -4.53. The fourth-order valence-electron chi connectivity index (χ4n) is 3.61. The second-order valence-electron chi connectivity index (χ2n) is 7.84. The second kappa shape index (κ2) is 9.46. The van der Waals surface area contributed by atoms with Crippen molar-refractivity contribution < 1.29 is 22.7 Å². The number of aromatic nitrogens is 3. The Kier molecular flexibility index (Phi) is 6.45. The van der Waals surface area contributed by atoms with Crippen LogP contribution in [-0.2, 0) is 12.6 Å². The molecule has 0 aliphatic rings. The van der Waals surface area contributed by atoms with Crippen LogP contribution in [0.1, 0.15) is 32.6 Å². The maximum atomic E-state index is 13.2. The number of nitrogens with one attached hydrogen (secondary N) is 1. The third-order valence-corrected chi connectivity index (χ3v) is 5.31. The molecule has 0 fully saturated rings. The van der Waals surface area contributed by atoms with Gasteiger partial charge in [-0.1, -0.05) is 29.8 Å². The average Bonchev–Trinajstić information content (AvgIpc) is 2.80. The number of rotatable bonds is 6. The monoisotopic (exact) mass is 466 g/mol. The highest BCUT2D eigenvalue weighted by molar-refractivity contribution is 6.07. The van der Waals surface area contributed by atoms with Crippen LogP contribution in [0.4, 0.5) is 13.2 Å². The summed E-state index contributed by atoms with van der Waals surface area (Å²) in [4.78, 5) is 17.2. The van der Waals surface area contributed by atoms with E-state index in [-0.39, 0.29) is 17.2 Å². The summed E-state index contributed by atoms with van der Waals surface area (Å²) in [5.41, 5.74) is 2.95. The van der Waals surface area contributed by atoms with Crippen LogP contribution < -0.4 is 10.1 Å². The van der Waals surface area contributed by atoms with Crippen LogP contribution in [0, 0.1) is 13.8 Å². The lowest BCUT2D eigenvalue weighted by molar-refractivity contribution is -0.137. The lowest BCUT2D eigenvalue weighted by Gasteiger charge is -2.14. The third kappa shape index (κ3) is 5.14. The van der Waals surface area contributed by atoms with Gasteiger partial charge in [0.25, 0.3) is 11.8 Å². The number of hydrogen-bond donors (Lipinski definition) is 1. The fourth-order valence-corrected chi connectivity index (χ4v) is 3.61. The molecule has 174 valence electrons. The molecule has 9 heteroatoms. The molecule has 0 radical (unpaired) electrons. The molecule has 0 atom stereocenters. The van der Waals surface area contributed by atoms with E-state index in [0.29, 0.717) is 23.9 Å². The number of carbonyl (C=O) groups is 1. The van der Waals surface area contributed by atoms with Gasteiger partial charge in [-0.05, 0) is 55.7 Å². The van der Waals surface area contributed by atoms with Crippen LogP contribution in [0.15, 0.2) is 60.9 Å². The Hall–Kier alpha value is -4.01. The highest BCUT2D eigenvalue weighted by Crippen LogP contribution is 2.33. The van der Waals surface area contributed by atoms with E-state index in [1.807, 2.05) is 26.0 Å². The lowest BCUT2D eigenvalue weighted by atomic mass is 10.0. The molecule has 2 heterocycles. The van der Waals surface area contributed by atoms with Crippen LogP contribution in [0.5, 0.6) is 11.6 Å². The molecule has 0 aliphatic heterocycles. The Labute approximate surface area is 193 Å². The average molecular weight is 466 g/mol. The number of ether oxygens (including phenoxy) is 1. The number of alkyl halides is 3. The minimum absolute atomic E-state index is 0.0745. The maximum absolute atomic E-state index is 13.2. The predicted molar refractivity (Wildman–Crippen MR) is 121 cm³/mol. The first-order valence-corrected chi connectivity index (χ1v) is 10.5. The van der Waals surface area contributed by atoms with Crippen molar-refractivity contribution in [1.29, 1.82) is 0 Å². The van der Waals surface area contributed by atoms with E-state index in [1.54, 1.807) is 6.07 Å². The molecule has 0 saturated carbocycles. The summed E-state index contributed by atoms with van der Waals surface area (Å²) in [6, 6.07) is 12.1. The van der Waals surface area contributed by atoms with E-state index in [4.69, 9.17) is 4.74 Å². The summed E-state index contributed by atoms with van der Waals surface area (Å²) >= 11 is 0. The number of benzene rings is 2. The van der Waals surface area contributed by atoms with Crippen molar-refractivity contribution in [2.24, 2.45) is 0 Å². The van der Waals surface area contributed by atoms with Crippen LogP contribution in [-0.4, -0.2) is 27.6 Å². The number of carbonyl (C=O) groups excluding carboxylic acids is 1. The van der Waals surface area contributed by atoms with E-state index in [1.165, 1.54) is 24.5 Å². The normalized spacial score (nSPS) is 11.4. The van der Waals surface area contributed by atoms with Crippen molar-refractivity contribution in [2.75, 3.05) is 6.54 Å². The smallest absolute Gasteiger partial charge is 0.416 e. The molecule has 1 N–H and O–H groups in total. The van der Waals surface area contributed by atoms with Gasteiger partial charge in [0, 0.05) is 18.1 Å². The Bertz CT molecular complexity index is 1360. The van der Waals surface area contributed by atoms with E-state index < -0.39 is 17.6 Å². The van der Waals surface area contributed by atoms with Gasteiger partial charge < -0.3 is 10.1 Å². The fraction of sp³-hybridized carbons (Fsp3) is 0.200. The predicted octanol–water partition coefficient (Wildman–Crippen LogP) is 5.43. The highest BCUT2D eigenvalue weighted by atomic mass is 19.4. The zero-order chi connectivity index (χ0) is 24.3. The molecule has 2 aromatic carbocycles. The summed E-state index contributed by atoms with van der Waals surface area (Å²) in [5.74, 6) is -0.776. The standard InChI is InChI=1S/C25H21F3N4O2/c1-15-6-7-17(16(2)12-15)8-11-30-23(33)22-20-9-10-29-14-21(20)31-32-24(22)34-19-5-3-4-18(13-19)25(26,27)28/h3-7,9-10,12-14H,8,11H2,1-2H3,(H,30,33). The molecule has 0 spiro atoms. The van der Waals surface area contributed by atoms with Gasteiger partial charge in [0.05, 0.1) is 11.8 Å². The van der Waals surface area contributed by atoms with Crippen LogP contribution in [0.3, 0.4) is 0 Å². The van der Waals surface area contributed by atoms with Gasteiger partial charge in [-0.3, -0.25) is 9.78 Å². The number of fused-ring (bicyclic) bond motifs is 1. The maximum Gasteiger partial charge on any atom is 0.416 e. The summed E-state index contributed by atoms with van der Waals surface area (Å²) in [6.45, 7) is 4.37. The van der Waals surface area contributed by atoms with Gasteiger partial charge in [-0.15, -0.1) is 10.2 Å². The summed E-state index contributed by atoms with van der Waals surface area (Å²) in [7, 11) is 0. The molecule has 4 rings (SSSR count). The SMILES string of the molecule is Cc1ccc(CCNC(=O)c2c(Oc3cccc(C(F)(F)F)c3)nnc3cnccc23)c(C)c1. The molecule has 0 bridgehead atoms. The number of nitrogens with zero attached hydrogens (tertiary/aromatic N) is 3. The minimum Gasteiger partial charge on any atom is -0.437 e.